The van der Waals surface area contributed by atoms with Gasteiger partial charge in [0.2, 0.25) is 36.6 Å². The Hall–Kier alpha value is -7.19. The van der Waals surface area contributed by atoms with E-state index in [1.807, 2.05) is 0 Å². The maximum absolute atomic E-state index is 11.3. The topological polar surface area (TPSA) is 411 Å². The van der Waals surface area contributed by atoms with E-state index in [2.05, 4.69) is 37.9 Å². The largest absolute Gasteiger partial charge is 0.479 e. The number of esters is 7. The summed E-state index contributed by atoms with van der Waals surface area (Å²) in [5.41, 5.74) is 0. The molecule has 0 aliphatic carbocycles. The van der Waals surface area contributed by atoms with E-state index in [0.717, 1.165) is 34.8 Å². The van der Waals surface area contributed by atoms with Crippen LogP contribution in [0.3, 0.4) is 0 Å². The van der Waals surface area contributed by atoms with Gasteiger partial charge in [-0.25, -0.2) is 19.2 Å². The van der Waals surface area contributed by atoms with E-state index in [1.54, 1.807) is 6.92 Å². The minimum atomic E-state index is -1.81. The van der Waals surface area contributed by atoms with Crippen molar-refractivity contribution in [2.75, 3.05) is 7.11 Å². The maximum Gasteiger partial charge on any atom is 0.349 e. The molecule has 0 bridgehead atoms. The van der Waals surface area contributed by atoms with Gasteiger partial charge in [0.15, 0.2) is 35.3 Å². The quantitative estimate of drug-likeness (QED) is 0.0464. The van der Waals surface area contributed by atoms with E-state index >= 15 is 0 Å². The highest BCUT2D eigenvalue weighted by Crippen LogP contribution is 2.13. The minimum Gasteiger partial charge on any atom is -0.479 e. The van der Waals surface area contributed by atoms with Crippen molar-refractivity contribution in [3.05, 3.63) is 0 Å². The molecule has 0 saturated heterocycles. The van der Waals surface area contributed by atoms with Gasteiger partial charge < -0.3 is 58.3 Å². The van der Waals surface area contributed by atoms with Gasteiger partial charge in [-0.2, -0.15) is 0 Å². The highest BCUT2D eigenvalue weighted by Gasteiger charge is 2.40. The summed E-state index contributed by atoms with van der Waals surface area (Å²) in [5.74, 6) is -13.9. The van der Waals surface area contributed by atoms with Gasteiger partial charge >= 0.3 is 65.7 Å². The number of carboxylic acids is 4. The van der Waals surface area contributed by atoms with Crippen LogP contribution in [0.1, 0.15) is 195 Å². The zero-order valence-corrected chi connectivity index (χ0v) is 40.2. The van der Waals surface area contributed by atoms with Gasteiger partial charge in [-0.05, 0) is 27.7 Å². The van der Waals surface area contributed by atoms with Gasteiger partial charge in [0, 0.05) is 52.1 Å². The van der Waals surface area contributed by atoms with E-state index in [1.165, 1.54) is 41.5 Å². The number of rotatable bonds is 27. The first-order chi connectivity index (χ1) is 31.9. The Labute approximate surface area is 469 Å². The molecule has 4 N–H and O–H groups in total. The molecule has 0 amide bonds. The Bertz CT molecular complexity index is 1560. The van der Waals surface area contributed by atoms with Crippen molar-refractivity contribution in [3.63, 3.8) is 0 Å². The van der Waals surface area contributed by atoms with Crippen LogP contribution in [0, 0.1) is 0 Å². The summed E-state index contributed by atoms with van der Waals surface area (Å²) in [6.07, 6.45) is -13.3. The second kappa shape index (κ2) is 58.5. The lowest BCUT2D eigenvalue weighted by atomic mass is 10.1. The molecular weight excluding hydrogens is 1060 g/mol. The van der Waals surface area contributed by atoms with Crippen LogP contribution >= 0.6 is 0 Å². The molecule has 0 aromatic carbocycles. The minimum absolute atomic E-state index is 0. The first-order valence-corrected chi connectivity index (χ1v) is 20.7. The van der Waals surface area contributed by atoms with E-state index < -0.39 is 138 Å². The number of aliphatic carboxylic acids is 4. The van der Waals surface area contributed by atoms with Gasteiger partial charge in [0.1, 0.15) is 0 Å². The number of carbonyl (C=O) groups is 15. The van der Waals surface area contributed by atoms with Crippen molar-refractivity contribution in [3.8, 4) is 0 Å². The average molecular weight is 1160 g/mol. The molecule has 0 heterocycles. The van der Waals surface area contributed by atoms with E-state index in [0.29, 0.717) is 0 Å². The predicted octanol–water partition coefficient (Wildman–Crippen LogP) is 7.27. The smallest absolute Gasteiger partial charge is 0.349 e. The molecular formula is C52H102O27. The molecule has 0 spiro atoms. The highest BCUT2D eigenvalue weighted by molar-refractivity contribution is 5.93. The molecule has 0 aliphatic rings. The third-order valence-electron chi connectivity index (χ3n) is 7.76. The molecule has 0 radical (unpaired) electrons. The maximum atomic E-state index is 11.3. The molecule has 27 heteroatoms. The Balaban J connectivity index is -0.0000000571. The Morgan fingerprint density at radius 3 is 0.456 bits per heavy atom. The standard InChI is InChI=1S/3C11H16O7.C9H14O6.10CH4/c3*1-4-7(13)17-9(6(3)12)10(11(15)16)18-8(14)5-2;1-4-6(11)15-7(5(2)10)8(14-3)9(12)13;;;;;;;;;;/h3*9-10H,4-5H2,1-3H3,(H,15,16);7-8H,4H2,1-3H3,(H,12,13);10*1H4. The van der Waals surface area contributed by atoms with E-state index in [4.69, 9.17) is 20.4 Å². The van der Waals surface area contributed by atoms with Crippen molar-refractivity contribution in [1.29, 1.82) is 0 Å². The van der Waals surface area contributed by atoms with Crippen LogP contribution in [0.2, 0.25) is 0 Å². The number of hydrogen-bond acceptors (Lipinski definition) is 23. The van der Waals surface area contributed by atoms with Crippen LogP contribution in [-0.2, 0) is 110 Å². The second-order valence-corrected chi connectivity index (χ2v) is 13.3. The first kappa shape index (κ1) is 108. The first-order valence-electron chi connectivity index (χ1n) is 20.7. The third kappa shape index (κ3) is 46.6. The fraction of sp³-hybridized carbons (Fsp3) is 0.712. The summed E-state index contributed by atoms with van der Waals surface area (Å²) in [6, 6.07) is 0. The molecule has 0 aromatic rings. The SMILES string of the molecule is C.C.C.C.C.C.C.C.C.C.CCC(=O)OC(C(C)=O)C(OC(=O)CC)C(=O)O.CCC(=O)OC(C(C)=O)C(OC(=O)CC)C(=O)O.CCC(=O)OC(C(C)=O)C(OC(=O)CC)C(=O)O.CCC(=O)OC(C(C)=O)C(OC)C(=O)O. The van der Waals surface area contributed by atoms with Crippen molar-refractivity contribution in [1.82, 2.24) is 0 Å². The molecule has 8 atom stereocenters. The molecule has 79 heavy (non-hydrogen) atoms. The number of Topliss-reactive ketones (excluding diaryl/α,β-unsaturated/α-hetero) is 4. The average Bonchev–Trinajstić information content (AvgIpc) is 3.28. The van der Waals surface area contributed by atoms with Gasteiger partial charge in [-0.15, -0.1) is 0 Å². The van der Waals surface area contributed by atoms with Crippen molar-refractivity contribution < 1.29 is 130 Å². The predicted molar refractivity (Wildman–Crippen MR) is 293 cm³/mol. The summed E-state index contributed by atoms with van der Waals surface area (Å²) in [5, 5.41) is 35.4. The summed E-state index contributed by atoms with van der Waals surface area (Å²) in [6.45, 7) is 14.8. The van der Waals surface area contributed by atoms with Crippen molar-refractivity contribution in [2.24, 2.45) is 0 Å². The second-order valence-electron chi connectivity index (χ2n) is 13.3. The van der Waals surface area contributed by atoms with Crippen LogP contribution in [0.4, 0.5) is 0 Å². The molecule has 0 fully saturated rings. The van der Waals surface area contributed by atoms with Gasteiger partial charge in [0.05, 0.1) is 0 Å². The number of carbonyl (C=O) groups excluding carboxylic acids is 11. The van der Waals surface area contributed by atoms with Crippen LogP contribution in [0.5, 0.6) is 0 Å². The third-order valence-corrected chi connectivity index (χ3v) is 7.76. The lowest BCUT2D eigenvalue weighted by molar-refractivity contribution is -0.181. The monoisotopic (exact) mass is 1160 g/mol. The number of carboxylic acid groups (broad SMARTS) is 4. The summed E-state index contributed by atoms with van der Waals surface area (Å²) in [7, 11) is 1.13. The lowest BCUT2D eigenvalue weighted by Crippen LogP contribution is -2.44. The number of methoxy groups -OCH3 is 1. The van der Waals surface area contributed by atoms with E-state index in [9.17, 15) is 71.9 Å². The van der Waals surface area contributed by atoms with Gasteiger partial charge in [-0.3, -0.25) is 52.7 Å². The number of hydrogen-bond donors (Lipinski definition) is 4. The normalized spacial score (nSPS) is 11.7. The van der Waals surface area contributed by atoms with Crippen molar-refractivity contribution in [2.45, 2.75) is 244 Å². The molecule has 0 rings (SSSR count). The summed E-state index contributed by atoms with van der Waals surface area (Å²) >= 11 is 0. The Morgan fingerprint density at radius 1 is 0.253 bits per heavy atom. The van der Waals surface area contributed by atoms with Crippen molar-refractivity contribution >= 4 is 88.8 Å². The van der Waals surface area contributed by atoms with Crippen LogP contribution < -0.4 is 0 Å². The van der Waals surface area contributed by atoms with Crippen LogP contribution in [0.25, 0.3) is 0 Å². The molecule has 27 nitrogen and oxygen atoms in total. The fourth-order valence-corrected chi connectivity index (χ4v) is 4.09. The van der Waals surface area contributed by atoms with Crippen LogP contribution in [-0.4, -0.2) is 165 Å². The molecule has 8 unspecified atom stereocenters. The fourth-order valence-electron chi connectivity index (χ4n) is 4.09. The Kier molecular flexibility index (Phi) is 79.8. The van der Waals surface area contributed by atoms with Gasteiger partial charge in [-0.1, -0.05) is 123 Å². The number of ether oxygens (including phenoxy) is 8. The highest BCUT2D eigenvalue weighted by atomic mass is 16.6. The molecule has 0 saturated carbocycles. The van der Waals surface area contributed by atoms with E-state index in [-0.39, 0.29) is 119 Å². The Morgan fingerprint density at radius 2 is 0.367 bits per heavy atom. The van der Waals surface area contributed by atoms with Crippen LogP contribution in [0.15, 0.2) is 0 Å². The lowest BCUT2D eigenvalue weighted by Gasteiger charge is -2.21. The molecule has 472 valence electrons. The summed E-state index contributed by atoms with van der Waals surface area (Å²) < 4.78 is 37.1. The molecule has 0 aromatic heterocycles. The molecule has 0 aliphatic heterocycles. The number of ketones is 4. The summed E-state index contributed by atoms with van der Waals surface area (Å²) in [4.78, 5) is 166. The zero-order valence-electron chi connectivity index (χ0n) is 40.2. The van der Waals surface area contributed by atoms with Gasteiger partial charge in [0.25, 0.3) is 0 Å². The zero-order chi connectivity index (χ0) is 54.9.